The number of fused-ring (bicyclic) bond motifs is 2. The Morgan fingerprint density at radius 2 is 2.00 bits per heavy atom. The van der Waals surface area contributed by atoms with Gasteiger partial charge in [-0.05, 0) is 18.2 Å². The summed E-state index contributed by atoms with van der Waals surface area (Å²) in [6.45, 7) is 0.0595. The van der Waals surface area contributed by atoms with Gasteiger partial charge in [-0.3, -0.25) is 4.79 Å². The second-order valence-corrected chi connectivity index (χ2v) is 4.91. The van der Waals surface area contributed by atoms with Gasteiger partial charge < -0.3 is 5.32 Å². The summed E-state index contributed by atoms with van der Waals surface area (Å²) >= 11 is 0. The normalized spacial score (nSPS) is 11.0. The molecule has 0 fully saturated rings. The van der Waals surface area contributed by atoms with Gasteiger partial charge in [0.2, 0.25) is 5.91 Å². The average molecular weight is 305 g/mol. The molecule has 0 aliphatic rings. The van der Waals surface area contributed by atoms with Crippen LogP contribution < -0.4 is 5.32 Å². The zero-order valence-electron chi connectivity index (χ0n) is 11.9. The summed E-state index contributed by atoms with van der Waals surface area (Å²) in [6.07, 6.45) is 7.94. The Kier molecular flexibility index (Phi) is 3.12. The van der Waals surface area contributed by atoms with Gasteiger partial charge in [-0.2, -0.15) is 5.10 Å². The van der Waals surface area contributed by atoms with Crippen molar-refractivity contribution in [3.63, 3.8) is 0 Å². The molecular weight excluding hydrogens is 294 g/mol. The molecule has 0 saturated heterocycles. The molecule has 23 heavy (non-hydrogen) atoms. The first-order valence-corrected chi connectivity index (χ1v) is 6.92. The number of amides is 1. The van der Waals surface area contributed by atoms with E-state index < -0.39 is 0 Å². The molecule has 0 unspecified atom stereocenters. The summed E-state index contributed by atoms with van der Waals surface area (Å²) in [7, 11) is 0. The Morgan fingerprint density at radius 1 is 1.09 bits per heavy atom. The highest BCUT2D eigenvalue weighted by molar-refractivity contribution is 5.93. The number of nitrogens with one attached hydrogen (secondary N) is 1. The van der Waals surface area contributed by atoms with Crippen LogP contribution in [0.3, 0.4) is 0 Å². The van der Waals surface area contributed by atoms with Crippen molar-refractivity contribution in [3.05, 3.63) is 49.3 Å². The van der Waals surface area contributed by atoms with E-state index in [0.29, 0.717) is 16.9 Å². The van der Waals surface area contributed by atoms with Crippen LogP contribution in [-0.4, -0.2) is 35.6 Å². The number of hydrogen-bond acceptors (Lipinski definition) is 6. The SMILES string of the molecule is O=C(Cn1ncc2nccnc21)Nc1ccc2cncnc2c1. The summed E-state index contributed by atoms with van der Waals surface area (Å²) in [5.41, 5.74) is 2.67. The zero-order valence-corrected chi connectivity index (χ0v) is 11.9. The van der Waals surface area contributed by atoms with Crippen molar-refractivity contribution in [2.45, 2.75) is 6.54 Å². The third kappa shape index (κ3) is 2.57. The minimum absolute atomic E-state index is 0.0595. The Balaban J connectivity index is 1.55. The molecule has 1 aromatic carbocycles. The van der Waals surface area contributed by atoms with Crippen LogP contribution in [0.1, 0.15) is 0 Å². The molecule has 112 valence electrons. The lowest BCUT2D eigenvalue weighted by Crippen LogP contribution is -2.19. The lowest BCUT2D eigenvalue weighted by atomic mass is 10.2. The first-order valence-electron chi connectivity index (χ1n) is 6.92. The maximum absolute atomic E-state index is 12.2. The Morgan fingerprint density at radius 3 is 2.96 bits per heavy atom. The topological polar surface area (TPSA) is 98.5 Å². The number of aromatic nitrogens is 6. The molecule has 3 heterocycles. The summed E-state index contributed by atoms with van der Waals surface area (Å²) in [6, 6.07) is 5.47. The maximum Gasteiger partial charge on any atom is 0.246 e. The number of hydrogen-bond donors (Lipinski definition) is 1. The molecule has 1 amide bonds. The van der Waals surface area contributed by atoms with Crippen LogP contribution in [0.25, 0.3) is 22.1 Å². The van der Waals surface area contributed by atoms with Gasteiger partial charge in [0, 0.05) is 29.7 Å². The van der Waals surface area contributed by atoms with Gasteiger partial charge in [-0.25, -0.2) is 24.6 Å². The van der Waals surface area contributed by atoms with E-state index in [9.17, 15) is 4.79 Å². The van der Waals surface area contributed by atoms with Gasteiger partial charge in [-0.15, -0.1) is 0 Å². The molecule has 0 bridgehead atoms. The number of benzene rings is 1. The van der Waals surface area contributed by atoms with Crippen LogP contribution in [0.15, 0.2) is 49.3 Å². The molecule has 0 saturated carbocycles. The maximum atomic E-state index is 12.2. The number of carbonyl (C=O) groups excluding carboxylic acids is 1. The van der Waals surface area contributed by atoms with Crippen LogP contribution in [0, 0.1) is 0 Å². The first-order chi connectivity index (χ1) is 11.3. The van der Waals surface area contributed by atoms with Gasteiger partial charge in [0.05, 0.1) is 11.7 Å². The van der Waals surface area contributed by atoms with E-state index in [0.717, 1.165) is 10.9 Å². The van der Waals surface area contributed by atoms with E-state index in [2.05, 4.69) is 30.4 Å². The van der Waals surface area contributed by atoms with Gasteiger partial charge >= 0.3 is 0 Å². The number of carbonyl (C=O) groups is 1. The summed E-state index contributed by atoms with van der Waals surface area (Å²) in [5.74, 6) is -0.200. The van der Waals surface area contributed by atoms with E-state index in [1.54, 1.807) is 30.9 Å². The number of anilines is 1. The van der Waals surface area contributed by atoms with Crippen LogP contribution in [0.5, 0.6) is 0 Å². The molecule has 0 atom stereocenters. The van der Waals surface area contributed by atoms with Crippen molar-refractivity contribution >= 4 is 33.7 Å². The Hall–Kier alpha value is -3.42. The number of rotatable bonds is 3. The van der Waals surface area contributed by atoms with Gasteiger partial charge in [0.15, 0.2) is 5.65 Å². The fourth-order valence-corrected chi connectivity index (χ4v) is 2.31. The molecule has 0 spiro atoms. The highest BCUT2D eigenvalue weighted by atomic mass is 16.2. The molecule has 4 aromatic rings. The van der Waals surface area contributed by atoms with Gasteiger partial charge in [-0.1, -0.05) is 0 Å². The Labute approximate surface area is 130 Å². The second kappa shape index (κ2) is 5.41. The highest BCUT2D eigenvalue weighted by Gasteiger charge is 2.09. The molecular formula is C15H11N7O. The third-order valence-corrected chi connectivity index (χ3v) is 3.35. The van der Waals surface area contributed by atoms with E-state index in [1.165, 1.54) is 11.0 Å². The van der Waals surface area contributed by atoms with Gasteiger partial charge in [0.1, 0.15) is 18.4 Å². The minimum Gasteiger partial charge on any atom is -0.324 e. The van der Waals surface area contributed by atoms with Crippen molar-refractivity contribution < 1.29 is 4.79 Å². The average Bonchev–Trinajstić information content (AvgIpc) is 2.98. The molecule has 3 aromatic heterocycles. The van der Waals surface area contributed by atoms with E-state index in [4.69, 9.17) is 0 Å². The summed E-state index contributed by atoms with van der Waals surface area (Å²) < 4.78 is 1.51. The summed E-state index contributed by atoms with van der Waals surface area (Å²) in [4.78, 5) is 28.7. The van der Waals surface area contributed by atoms with Gasteiger partial charge in [0.25, 0.3) is 0 Å². The van der Waals surface area contributed by atoms with Crippen LogP contribution in [-0.2, 0) is 11.3 Å². The monoisotopic (exact) mass is 305 g/mol. The second-order valence-electron chi connectivity index (χ2n) is 4.91. The fraction of sp³-hybridized carbons (Fsp3) is 0.0667. The van der Waals surface area contributed by atoms with E-state index in [-0.39, 0.29) is 12.5 Å². The van der Waals surface area contributed by atoms with Crippen molar-refractivity contribution in [2.24, 2.45) is 0 Å². The number of nitrogens with zero attached hydrogens (tertiary/aromatic N) is 6. The van der Waals surface area contributed by atoms with Crippen LogP contribution >= 0.6 is 0 Å². The van der Waals surface area contributed by atoms with E-state index >= 15 is 0 Å². The van der Waals surface area contributed by atoms with Crippen molar-refractivity contribution in [1.29, 1.82) is 0 Å². The highest BCUT2D eigenvalue weighted by Crippen LogP contribution is 2.16. The molecule has 8 heteroatoms. The molecule has 0 aliphatic carbocycles. The smallest absolute Gasteiger partial charge is 0.246 e. The third-order valence-electron chi connectivity index (χ3n) is 3.35. The lowest BCUT2D eigenvalue weighted by molar-refractivity contribution is -0.116. The van der Waals surface area contributed by atoms with E-state index in [1.807, 2.05) is 12.1 Å². The minimum atomic E-state index is -0.200. The Bertz CT molecular complexity index is 1010. The first kappa shape index (κ1) is 13.3. The molecule has 1 N–H and O–H groups in total. The fourth-order valence-electron chi connectivity index (χ4n) is 2.31. The molecule has 8 nitrogen and oxygen atoms in total. The van der Waals surface area contributed by atoms with Crippen molar-refractivity contribution in [1.82, 2.24) is 29.7 Å². The predicted molar refractivity (Wildman–Crippen MR) is 83.5 cm³/mol. The van der Waals surface area contributed by atoms with Crippen molar-refractivity contribution in [3.8, 4) is 0 Å². The largest absolute Gasteiger partial charge is 0.324 e. The van der Waals surface area contributed by atoms with Crippen LogP contribution in [0.2, 0.25) is 0 Å². The quantitative estimate of drug-likeness (QED) is 0.614. The molecule has 4 rings (SSSR count). The lowest BCUT2D eigenvalue weighted by Gasteiger charge is -2.06. The molecule has 0 radical (unpaired) electrons. The standard InChI is InChI=1S/C15H11N7O/c23-14(8-22-15-13(7-20-22)17-3-4-18-15)21-11-2-1-10-6-16-9-19-12(10)5-11/h1-7,9H,8H2,(H,21,23). The molecule has 0 aliphatic heterocycles. The predicted octanol–water partition coefficient (Wildman–Crippen LogP) is 1.41. The van der Waals surface area contributed by atoms with Crippen molar-refractivity contribution in [2.75, 3.05) is 5.32 Å². The summed E-state index contributed by atoms with van der Waals surface area (Å²) in [5, 5.41) is 7.88. The van der Waals surface area contributed by atoms with Crippen LogP contribution in [0.4, 0.5) is 5.69 Å². The zero-order chi connectivity index (χ0) is 15.6.